The number of rotatable bonds is 0. The topological polar surface area (TPSA) is 21.3 Å². The van der Waals surface area contributed by atoms with Crippen LogP contribution in [-0.2, 0) is 6.54 Å². The Balaban J connectivity index is 2.47. The molecule has 2 rings (SSSR count). The van der Waals surface area contributed by atoms with Crippen LogP contribution in [0.5, 0.6) is 5.75 Å². The Bertz CT molecular complexity index is 382. The molecule has 0 bridgehead atoms. The van der Waals surface area contributed by atoms with Gasteiger partial charge >= 0.3 is 0 Å². The van der Waals surface area contributed by atoms with E-state index in [2.05, 4.69) is 45.1 Å². The Kier molecular flexibility index (Phi) is 2.47. The van der Waals surface area contributed by atoms with Crippen LogP contribution in [-0.4, -0.2) is 12.1 Å². The predicted molar refractivity (Wildman–Crippen MR) is 62.3 cm³/mol. The van der Waals surface area contributed by atoms with Gasteiger partial charge in [0.25, 0.3) is 0 Å². The third-order valence-electron chi connectivity index (χ3n) is 2.74. The van der Waals surface area contributed by atoms with Crippen LogP contribution >= 0.6 is 0 Å². The molecule has 0 spiro atoms. The molecule has 82 valence electrons. The molecule has 0 radical (unpaired) electrons. The van der Waals surface area contributed by atoms with Gasteiger partial charge in [-0.1, -0.05) is 17.7 Å². The summed E-state index contributed by atoms with van der Waals surface area (Å²) in [5, 5.41) is 3.42. The van der Waals surface area contributed by atoms with Crippen LogP contribution in [0.15, 0.2) is 12.1 Å². The van der Waals surface area contributed by atoms with E-state index in [0.29, 0.717) is 0 Å². The zero-order valence-electron chi connectivity index (χ0n) is 9.98. The van der Waals surface area contributed by atoms with Gasteiger partial charge in [-0.3, -0.25) is 0 Å². The van der Waals surface area contributed by atoms with Gasteiger partial charge in [-0.2, -0.15) is 0 Å². The molecule has 2 heteroatoms. The van der Waals surface area contributed by atoms with Gasteiger partial charge in [-0.25, -0.2) is 0 Å². The Labute approximate surface area is 91.6 Å². The van der Waals surface area contributed by atoms with Crippen molar-refractivity contribution in [3.05, 3.63) is 28.8 Å². The number of benzene rings is 1. The Hall–Kier alpha value is -1.02. The van der Waals surface area contributed by atoms with Crippen LogP contribution in [0.1, 0.15) is 30.5 Å². The molecule has 2 nitrogen and oxygen atoms in total. The first kappa shape index (κ1) is 10.5. The van der Waals surface area contributed by atoms with Gasteiger partial charge in [-0.15, -0.1) is 0 Å². The normalized spacial score (nSPS) is 18.9. The van der Waals surface area contributed by atoms with Crippen molar-refractivity contribution in [3.63, 3.8) is 0 Å². The first-order chi connectivity index (χ1) is 6.98. The van der Waals surface area contributed by atoms with E-state index >= 15 is 0 Å². The Morgan fingerprint density at radius 2 is 2.00 bits per heavy atom. The molecule has 1 heterocycles. The van der Waals surface area contributed by atoms with E-state index < -0.39 is 0 Å². The largest absolute Gasteiger partial charge is 0.486 e. The van der Waals surface area contributed by atoms with E-state index in [1.54, 1.807) is 0 Å². The van der Waals surface area contributed by atoms with Gasteiger partial charge in [0.1, 0.15) is 11.4 Å². The predicted octanol–water partition coefficient (Wildman–Crippen LogP) is 2.56. The van der Waals surface area contributed by atoms with E-state index in [1.807, 2.05) is 0 Å². The molecule has 0 saturated carbocycles. The molecule has 0 unspecified atom stereocenters. The van der Waals surface area contributed by atoms with Crippen molar-refractivity contribution in [1.82, 2.24) is 5.32 Å². The smallest absolute Gasteiger partial charge is 0.127 e. The highest BCUT2D eigenvalue weighted by molar-refractivity contribution is 5.44. The second-order valence-corrected chi connectivity index (χ2v) is 5.04. The van der Waals surface area contributed by atoms with Crippen molar-refractivity contribution >= 4 is 0 Å². The number of fused-ring (bicyclic) bond motifs is 1. The maximum atomic E-state index is 6.07. The number of hydrogen-bond donors (Lipinski definition) is 1. The average molecular weight is 205 g/mol. The molecule has 1 N–H and O–H groups in total. The molecule has 0 aromatic heterocycles. The van der Waals surface area contributed by atoms with E-state index in [0.717, 1.165) is 18.8 Å². The monoisotopic (exact) mass is 205 g/mol. The van der Waals surface area contributed by atoms with Crippen molar-refractivity contribution < 1.29 is 4.74 Å². The molecule has 1 aromatic carbocycles. The molecular formula is C13H19NO. The SMILES string of the molecule is Cc1cc(C)c2c(c1)CNCC(C)(C)O2. The fourth-order valence-electron chi connectivity index (χ4n) is 2.13. The summed E-state index contributed by atoms with van der Waals surface area (Å²) in [5.41, 5.74) is 3.70. The third kappa shape index (κ3) is 2.15. The third-order valence-corrected chi connectivity index (χ3v) is 2.74. The second kappa shape index (κ2) is 3.53. The molecule has 0 aliphatic carbocycles. The highest BCUT2D eigenvalue weighted by Crippen LogP contribution is 2.30. The number of aryl methyl sites for hydroxylation is 2. The van der Waals surface area contributed by atoms with Crippen LogP contribution in [0.4, 0.5) is 0 Å². The number of ether oxygens (including phenoxy) is 1. The number of hydrogen-bond acceptors (Lipinski definition) is 2. The first-order valence-electron chi connectivity index (χ1n) is 5.48. The zero-order valence-corrected chi connectivity index (χ0v) is 9.98. The lowest BCUT2D eigenvalue weighted by molar-refractivity contribution is 0.114. The highest BCUT2D eigenvalue weighted by Gasteiger charge is 2.25. The fraction of sp³-hybridized carbons (Fsp3) is 0.538. The summed E-state index contributed by atoms with van der Waals surface area (Å²) >= 11 is 0. The molecule has 1 aliphatic heterocycles. The van der Waals surface area contributed by atoms with Crippen molar-refractivity contribution in [2.75, 3.05) is 6.54 Å². The molecule has 15 heavy (non-hydrogen) atoms. The molecule has 1 aliphatic rings. The molecule has 1 aromatic rings. The fourth-order valence-corrected chi connectivity index (χ4v) is 2.13. The van der Waals surface area contributed by atoms with Crippen molar-refractivity contribution in [2.24, 2.45) is 0 Å². The molecule has 0 fully saturated rings. The second-order valence-electron chi connectivity index (χ2n) is 5.04. The first-order valence-corrected chi connectivity index (χ1v) is 5.48. The molecule has 0 saturated heterocycles. The van der Waals surface area contributed by atoms with E-state index in [4.69, 9.17) is 4.74 Å². The summed E-state index contributed by atoms with van der Waals surface area (Å²) in [4.78, 5) is 0. The minimum atomic E-state index is -0.120. The lowest BCUT2D eigenvalue weighted by atomic mass is 10.1. The van der Waals surface area contributed by atoms with Gasteiger partial charge in [0.15, 0.2) is 0 Å². The molecule has 0 atom stereocenters. The van der Waals surface area contributed by atoms with E-state index in [1.165, 1.54) is 16.7 Å². The average Bonchev–Trinajstić information content (AvgIpc) is 2.23. The maximum absolute atomic E-state index is 6.07. The van der Waals surface area contributed by atoms with Crippen LogP contribution in [0, 0.1) is 13.8 Å². The van der Waals surface area contributed by atoms with Gasteiger partial charge < -0.3 is 10.1 Å². The highest BCUT2D eigenvalue weighted by atomic mass is 16.5. The Morgan fingerprint density at radius 1 is 1.27 bits per heavy atom. The van der Waals surface area contributed by atoms with E-state index in [9.17, 15) is 0 Å². The standard InChI is InChI=1S/C13H19NO/c1-9-5-10(2)12-11(6-9)7-14-8-13(3,4)15-12/h5-6,14H,7-8H2,1-4H3. The lowest BCUT2D eigenvalue weighted by Crippen LogP contribution is -2.37. The lowest BCUT2D eigenvalue weighted by Gasteiger charge is -2.25. The van der Waals surface area contributed by atoms with Gasteiger partial charge in [-0.05, 0) is 33.3 Å². The van der Waals surface area contributed by atoms with Crippen LogP contribution < -0.4 is 10.1 Å². The van der Waals surface area contributed by atoms with Crippen molar-refractivity contribution in [2.45, 2.75) is 39.8 Å². The summed E-state index contributed by atoms with van der Waals surface area (Å²) in [7, 11) is 0. The van der Waals surface area contributed by atoms with Gasteiger partial charge in [0, 0.05) is 18.7 Å². The Morgan fingerprint density at radius 3 is 2.73 bits per heavy atom. The summed E-state index contributed by atoms with van der Waals surface area (Å²) in [6.07, 6.45) is 0. The van der Waals surface area contributed by atoms with Crippen LogP contribution in [0.25, 0.3) is 0 Å². The number of nitrogens with one attached hydrogen (secondary N) is 1. The maximum Gasteiger partial charge on any atom is 0.127 e. The van der Waals surface area contributed by atoms with Gasteiger partial charge in [0.2, 0.25) is 0 Å². The summed E-state index contributed by atoms with van der Waals surface area (Å²) in [5.74, 6) is 1.07. The summed E-state index contributed by atoms with van der Waals surface area (Å²) in [6, 6.07) is 4.39. The van der Waals surface area contributed by atoms with Crippen LogP contribution in [0.2, 0.25) is 0 Å². The van der Waals surface area contributed by atoms with Crippen molar-refractivity contribution in [1.29, 1.82) is 0 Å². The minimum Gasteiger partial charge on any atom is -0.486 e. The minimum absolute atomic E-state index is 0.120. The summed E-state index contributed by atoms with van der Waals surface area (Å²) in [6.45, 7) is 10.3. The van der Waals surface area contributed by atoms with Crippen molar-refractivity contribution in [3.8, 4) is 5.75 Å². The van der Waals surface area contributed by atoms with Crippen LogP contribution in [0.3, 0.4) is 0 Å². The zero-order chi connectivity index (χ0) is 11.1. The molecule has 0 amide bonds. The molecular weight excluding hydrogens is 186 g/mol. The summed E-state index contributed by atoms with van der Waals surface area (Å²) < 4.78 is 6.07. The quantitative estimate of drug-likeness (QED) is 0.703. The van der Waals surface area contributed by atoms with E-state index in [-0.39, 0.29) is 5.60 Å². The van der Waals surface area contributed by atoms with Gasteiger partial charge in [0.05, 0.1) is 0 Å².